The van der Waals surface area contributed by atoms with Crippen molar-refractivity contribution >= 4 is 23.7 Å². The molecule has 2 heterocycles. The molecule has 8 nitrogen and oxygen atoms in total. The Morgan fingerprint density at radius 2 is 1.90 bits per heavy atom. The largest absolute Gasteiger partial charge is 0.474 e. The predicted molar refractivity (Wildman–Crippen MR) is 114 cm³/mol. The number of carbonyl (C=O) groups excluding carboxylic acids is 1. The van der Waals surface area contributed by atoms with Crippen molar-refractivity contribution in [3.63, 3.8) is 0 Å². The highest BCUT2D eigenvalue weighted by molar-refractivity contribution is 6.30. The lowest BCUT2D eigenvalue weighted by molar-refractivity contribution is -0.120. The Labute approximate surface area is 180 Å². The predicted octanol–water partition coefficient (Wildman–Crippen LogP) is 3.42. The number of ether oxygens (including phenoxy) is 2. The number of hydrogen-bond donors (Lipinski definition) is 2. The highest BCUT2D eigenvalue weighted by Gasteiger charge is 2.24. The molecule has 1 saturated carbocycles. The first-order valence-corrected chi connectivity index (χ1v) is 10.4. The molecule has 0 radical (unpaired) electrons. The van der Waals surface area contributed by atoms with Crippen molar-refractivity contribution in [2.45, 2.75) is 57.8 Å². The van der Waals surface area contributed by atoms with E-state index < -0.39 is 0 Å². The van der Waals surface area contributed by atoms with E-state index in [1.54, 1.807) is 12.3 Å². The van der Waals surface area contributed by atoms with Gasteiger partial charge in [0, 0.05) is 43.3 Å². The molecule has 3 rings (SSSR count). The van der Waals surface area contributed by atoms with Crippen LogP contribution in [-0.2, 0) is 9.53 Å². The number of halogens is 1. The van der Waals surface area contributed by atoms with Crippen molar-refractivity contribution in [1.29, 1.82) is 5.41 Å². The molecular formula is C21H26ClN5O3. The minimum absolute atomic E-state index is 0.000965. The second-order valence-electron chi connectivity index (χ2n) is 7.44. The maximum Gasteiger partial charge on any atom is 0.222 e. The number of carbonyl (C=O) groups is 1. The maximum absolute atomic E-state index is 11.1. The van der Waals surface area contributed by atoms with Crippen LogP contribution in [0.1, 0.15) is 45.1 Å². The van der Waals surface area contributed by atoms with Crippen LogP contribution in [0.25, 0.3) is 11.4 Å². The molecule has 0 spiro atoms. The molecule has 160 valence electrons. The van der Waals surface area contributed by atoms with Crippen LogP contribution in [0.5, 0.6) is 5.88 Å². The quantitative estimate of drug-likeness (QED) is 0.619. The lowest BCUT2D eigenvalue weighted by Crippen LogP contribution is -2.37. The van der Waals surface area contributed by atoms with Crippen LogP contribution in [0.2, 0.25) is 5.02 Å². The van der Waals surface area contributed by atoms with E-state index in [4.69, 9.17) is 26.5 Å². The zero-order valence-electron chi connectivity index (χ0n) is 17.1. The monoisotopic (exact) mass is 431 g/mol. The van der Waals surface area contributed by atoms with Crippen molar-refractivity contribution in [1.82, 2.24) is 20.3 Å². The first-order valence-electron chi connectivity index (χ1n) is 9.98. The number of aromatic nitrogens is 3. The van der Waals surface area contributed by atoms with E-state index in [1.165, 1.54) is 25.5 Å². The van der Waals surface area contributed by atoms with Gasteiger partial charge >= 0.3 is 0 Å². The topological polar surface area (TPSA) is 110 Å². The summed E-state index contributed by atoms with van der Waals surface area (Å²) >= 11 is 5.83. The number of nitrogens with one attached hydrogen (secondary N) is 2. The molecule has 1 atom stereocenters. The van der Waals surface area contributed by atoms with Gasteiger partial charge < -0.3 is 20.2 Å². The smallest absolute Gasteiger partial charge is 0.222 e. The van der Waals surface area contributed by atoms with Gasteiger partial charge in [-0.05, 0) is 38.7 Å². The molecule has 0 aromatic carbocycles. The first kappa shape index (κ1) is 22.1. The SMILES string of the molecule is CC(=O)N[C@@H](C)CO[C@H]1CC[C@H](Oc2ncc(-c3ncc(Cl)cn3)cc2C=N)CC1. The zero-order chi connectivity index (χ0) is 21.5. The molecular weight excluding hydrogens is 406 g/mol. The Bertz CT molecular complexity index is 869. The summed E-state index contributed by atoms with van der Waals surface area (Å²) in [5.41, 5.74) is 1.27. The van der Waals surface area contributed by atoms with E-state index in [9.17, 15) is 4.79 Å². The molecule has 2 aromatic heterocycles. The summed E-state index contributed by atoms with van der Waals surface area (Å²) in [5, 5.41) is 11.0. The summed E-state index contributed by atoms with van der Waals surface area (Å²) in [6.07, 6.45) is 9.57. The summed E-state index contributed by atoms with van der Waals surface area (Å²) in [6.45, 7) is 3.94. The number of nitrogens with zero attached hydrogens (tertiary/aromatic N) is 3. The van der Waals surface area contributed by atoms with Crippen molar-refractivity contribution in [3.8, 4) is 17.3 Å². The Balaban J connectivity index is 1.54. The second-order valence-corrected chi connectivity index (χ2v) is 7.88. The maximum atomic E-state index is 11.1. The molecule has 0 aliphatic heterocycles. The molecule has 1 fully saturated rings. The number of hydrogen-bond acceptors (Lipinski definition) is 7. The van der Waals surface area contributed by atoms with Gasteiger partial charge in [0.2, 0.25) is 11.8 Å². The fourth-order valence-electron chi connectivity index (χ4n) is 3.40. The Morgan fingerprint density at radius 1 is 1.23 bits per heavy atom. The molecule has 0 saturated heterocycles. The minimum atomic E-state index is -0.0497. The third kappa shape index (κ3) is 6.21. The molecule has 9 heteroatoms. The van der Waals surface area contributed by atoms with E-state index in [2.05, 4.69) is 20.3 Å². The van der Waals surface area contributed by atoms with Crippen LogP contribution in [0.4, 0.5) is 0 Å². The molecule has 1 aliphatic carbocycles. The van der Waals surface area contributed by atoms with Crippen LogP contribution >= 0.6 is 11.6 Å². The van der Waals surface area contributed by atoms with Crippen LogP contribution < -0.4 is 10.1 Å². The standard InChI is InChI=1S/C21H26ClN5O3/c1-13(27-14(2)28)12-29-18-3-5-19(6-4-18)30-21-15(8-23)7-16(9-26-21)20-24-10-17(22)11-25-20/h7-11,13,18-19,23H,3-6,12H2,1-2H3,(H,27,28)/t13-,18-,19-/m0/s1. The van der Waals surface area contributed by atoms with Gasteiger partial charge in [0.15, 0.2) is 5.82 Å². The fraction of sp³-hybridized carbons (Fsp3) is 0.476. The van der Waals surface area contributed by atoms with E-state index >= 15 is 0 Å². The van der Waals surface area contributed by atoms with Crippen molar-refractivity contribution in [2.75, 3.05) is 6.61 Å². The molecule has 2 N–H and O–H groups in total. The van der Waals surface area contributed by atoms with Gasteiger partial charge in [0.25, 0.3) is 0 Å². The van der Waals surface area contributed by atoms with Crippen LogP contribution in [0, 0.1) is 5.41 Å². The van der Waals surface area contributed by atoms with Gasteiger partial charge in [0.05, 0.1) is 23.3 Å². The first-order chi connectivity index (χ1) is 14.4. The highest BCUT2D eigenvalue weighted by Crippen LogP contribution is 2.27. The lowest BCUT2D eigenvalue weighted by Gasteiger charge is -2.29. The number of amides is 1. The summed E-state index contributed by atoms with van der Waals surface area (Å²) in [5.74, 6) is 0.880. The second kappa shape index (κ2) is 10.4. The molecule has 0 unspecified atom stereocenters. The molecule has 0 bridgehead atoms. The van der Waals surface area contributed by atoms with E-state index in [0.717, 1.165) is 25.7 Å². The third-order valence-corrected chi connectivity index (χ3v) is 5.04. The van der Waals surface area contributed by atoms with Gasteiger partial charge in [0.1, 0.15) is 6.10 Å². The van der Waals surface area contributed by atoms with Gasteiger partial charge in [-0.1, -0.05) is 11.6 Å². The van der Waals surface area contributed by atoms with E-state index in [1.807, 2.05) is 6.92 Å². The van der Waals surface area contributed by atoms with Gasteiger partial charge in [-0.15, -0.1) is 0 Å². The summed E-state index contributed by atoms with van der Waals surface area (Å²) in [6, 6.07) is 1.79. The van der Waals surface area contributed by atoms with Crippen molar-refractivity contribution in [3.05, 3.63) is 35.2 Å². The number of rotatable bonds is 8. The van der Waals surface area contributed by atoms with E-state index in [0.29, 0.717) is 34.5 Å². The average Bonchev–Trinajstić information content (AvgIpc) is 2.73. The van der Waals surface area contributed by atoms with E-state index in [-0.39, 0.29) is 24.2 Å². The van der Waals surface area contributed by atoms with Crippen LogP contribution in [0.3, 0.4) is 0 Å². The fourth-order valence-corrected chi connectivity index (χ4v) is 3.50. The molecule has 30 heavy (non-hydrogen) atoms. The molecule has 1 amide bonds. The Kier molecular flexibility index (Phi) is 7.70. The van der Waals surface area contributed by atoms with Crippen molar-refractivity contribution < 1.29 is 14.3 Å². The summed E-state index contributed by atoms with van der Waals surface area (Å²) < 4.78 is 12.0. The normalized spacial score (nSPS) is 19.7. The third-order valence-electron chi connectivity index (χ3n) is 4.84. The summed E-state index contributed by atoms with van der Waals surface area (Å²) in [7, 11) is 0. The Morgan fingerprint density at radius 3 is 2.53 bits per heavy atom. The van der Waals surface area contributed by atoms with Crippen LogP contribution in [0.15, 0.2) is 24.7 Å². The van der Waals surface area contributed by atoms with Gasteiger partial charge in [-0.25, -0.2) is 15.0 Å². The molecule has 1 aliphatic rings. The Hall–Kier alpha value is -2.58. The van der Waals surface area contributed by atoms with Crippen molar-refractivity contribution in [2.24, 2.45) is 0 Å². The van der Waals surface area contributed by atoms with Crippen LogP contribution in [-0.4, -0.2) is 51.9 Å². The zero-order valence-corrected chi connectivity index (χ0v) is 17.9. The van der Waals surface area contributed by atoms with Gasteiger partial charge in [-0.2, -0.15) is 0 Å². The lowest BCUT2D eigenvalue weighted by atomic mass is 9.95. The highest BCUT2D eigenvalue weighted by atomic mass is 35.5. The minimum Gasteiger partial charge on any atom is -0.474 e. The average molecular weight is 432 g/mol. The van der Waals surface area contributed by atoms with Gasteiger partial charge in [-0.3, -0.25) is 4.79 Å². The number of pyridine rings is 1. The molecule has 2 aromatic rings. The summed E-state index contributed by atoms with van der Waals surface area (Å²) in [4.78, 5) is 23.8.